The Morgan fingerprint density at radius 2 is 1.71 bits per heavy atom. The Bertz CT molecular complexity index is 347. The minimum absolute atomic E-state index is 0.349. The lowest BCUT2D eigenvalue weighted by Crippen LogP contribution is -2.33. The number of nitrogens with two attached hydrogens (primary N) is 1. The molecule has 0 saturated carbocycles. The average Bonchev–Trinajstić information content (AvgIpc) is 2.68. The Morgan fingerprint density at radius 1 is 1.10 bits per heavy atom. The van der Waals surface area contributed by atoms with E-state index in [0.29, 0.717) is 10.8 Å². The highest BCUT2D eigenvalue weighted by molar-refractivity contribution is 5.81. The molecule has 2 N–H and O–H groups in total. The van der Waals surface area contributed by atoms with Crippen molar-refractivity contribution in [2.45, 2.75) is 53.4 Å². The van der Waals surface area contributed by atoms with E-state index in [4.69, 9.17) is 5.73 Å². The minimum Gasteiger partial charge on any atom is -0.344 e. The van der Waals surface area contributed by atoms with Gasteiger partial charge < -0.3 is 15.5 Å². The SMILES string of the molecule is C/N=C1/N(C)CCN1CCCC(C)(C)CC(C)(C)CCN. The monoisotopic (exact) mass is 296 g/mol. The molecule has 1 saturated heterocycles. The quantitative estimate of drug-likeness (QED) is 0.749. The summed E-state index contributed by atoms with van der Waals surface area (Å²) in [6.07, 6.45) is 4.85. The number of rotatable bonds is 8. The fourth-order valence-electron chi connectivity index (χ4n) is 3.85. The number of nitrogens with zero attached hydrogens (tertiary/aromatic N) is 3. The Balaban J connectivity index is 2.40. The highest BCUT2D eigenvalue weighted by atomic mass is 15.4. The third-order valence-electron chi connectivity index (χ3n) is 4.59. The number of hydrogen-bond donors (Lipinski definition) is 1. The summed E-state index contributed by atoms with van der Waals surface area (Å²) < 4.78 is 0. The molecule has 0 amide bonds. The third-order valence-corrected chi connectivity index (χ3v) is 4.59. The molecule has 1 rings (SSSR count). The van der Waals surface area contributed by atoms with E-state index in [1.165, 1.54) is 19.3 Å². The molecule has 4 heteroatoms. The molecule has 1 aliphatic rings. The maximum Gasteiger partial charge on any atom is 0.196 e. The van der Waals surface area contributed by atoms with Crippen LogP contribution in [0.2, 0.25) is 0 Å². The van der Waals surface area contributed by atoms with Crippen molar-refractivity contribution in [3.8, 4) is 0 Å². The van der Waals surface area contributed by atoms with Crippen LogP contribution in [0.25, 0.3) is 0 Å². The predicted molar refractivity (Wildman–Crippen MR) is 92.6 cm³/mol. The molecule has 0 spiro atoms. The highest BCUT2D eigenvalue weighted by Gasteiger charge is 2.29. The van der Waals surface area contributed by atoms with Crippen LogP contribution in [0.4, 0.5) is 0 Å². The third kappa shape index (κ3) is 5.85. The van der Waals surface area contributed by atoms with Crippen LogP contribution < -0.4 is 5.73 Å². The minimum atomic E-state index is 0.349. The normalized spacial score (nSPS) is 18.9. The second kappa shape index (κ2) is 7.48. The molecule has 4 nitrogen and oxygen atoms in total. The Hall–Kier alpha value is -0.770. The molecule has 1 aliphatic heterocycles. The summed E-state index contributed by atoms with van der Waals surface area (Å²) in [5.74, 6) is 1.15. The standard InChI is InChI=1S/C17H36N4/c1-16(2,14-17(3,4)9-10-18)8-7-11-21-13-12-20(6)15(21)19-5/h7-14,18H2,1-6H3/b19-15-. The maximum absolute atomic E-state index is 5.74. The summed E-state index contributed by atoms with van der Waals surface area (Å²) in [7, 11) is 4.02. The molecule has 0 aliphatic carbocycles. The zero-order valence-corrected chi connectivity index (χ0v) is 15.1. The molecule has 0 aromatic heterocycles. The van der Waals surface area contributed by atoms with Gasteiger partial charge in [0.2, 0.25) is 0 Å². The van der Waals surface area contributed by atoms with Gasteiger partial charge >= 0.3 is 0 Å². The van der Waals surface area contributed by atoms with Crippen molar-refractivity contribution >= 4 is 5.96 Å². The van der Waals surface area contributed by atoms with E-state index in [2.05, 4.69) is 49.5 Å². The number of hydrogen-bond acceptors (Lipinski definition) is 2. The van der Waals surface area contributed by atoms with Crippen LogP contribution in [0.15, 0.2) is 4.99 Å². The van der Waals surface area contributed by atoms with Crippen LogP contribution in [0, 0.1) is 10.8 Å². The summed E-state index contributed by atoms with van der Waals surface area (Å²) in [4.78, 5) is 9.07. The van der Waals surface area contributed by atoms with Gasteiger partial charge in [0, 0.05) is 33.7 Å². The maximum atomic E-state index is 5.74. The van der Waals surface area contributed by atoms with Gasteiger partial charge in [-0.2, -0.15) is 0 Å². The fraction of sp³-hybridized carbons (Fsp3) is 0.941. The molecule has 0 aromatic carbocycles. The van der Waals surface area contributed by atoms with E-state index < -0.39 is 0 Å². The van der Waals surface area contributed by atoms with Gasteiger partial charge in [-0.1, -0.05) is 27.7 Å². The zero-order valence-electron chi connectivity index (χ0n) is 15.1. The van der Waals surface area contributed by atoms with Crippen molar-refractivity contribution in [2.24, 2.45) is 21.6 Å². The molecule has 21 heavy (non-hydrogen) atoms. The van der Waals surface area contributed by atoms with E-state index in [1.54, 1.807) is 0 Å². The second-order valence-corrected chi connectivity index (χ2v) is 8.08. The zero-order chi connectivity index (χ0) is 16.1. The van der Waals surface area contributed by atoms with Gasteiger partial charge in [0.25, 0.3) is 0 Å². The number of guanidine groups is 1. The molecule has 0 atom stereocenters. The van der Waals surface area contributed by atoms with E-state index in [1.807, 2.05) is 7.05 Å². The number of aliphatic imine (C=N–C) groups is 1. The van der Waals surface area contributed by atoms with Gasteiger partial charge in [-0.3, -0.25) is 4.99 Å². The van der Waals surface area contributed by atoms with E-state index in [-0.39, 0.29) is 0 Å². The topological polar surface area (TPSA) is 44.9 Å². The van der Waals surface area contributed by atoms with Crippen LogP contribution in [0.5, 0.6) is 0 Å². The first-order valence-electron chi connectivity index (χ1n) is 8.34. The van der Waals surface area contributed by atoms with Crippen LogP contribution in [0.3, 0.4) is 0 Å². The first kappa shape index (κ1) is 18.3. The number of likely N-dealkylation sites (N-methyl/N-ethyl adjacent to an activating group) is 1. The summed E-state index contributed by atoms with van der Waals surface area (Å²) in [5.41, 5.74) is 6.47. The van der Waals surface area contributed by atoms with Crippen LogP contribution >= 0.6 is 0 Å². The van der Waals surface area contributed by atoms with Crippen molar-refractivity contribution in [3.63, 3.8) is 0 Å². The molecule has 1 fully saturated rings. The largest absolute Gasteiger partial charge is 0.344 e. The highest BCUT2D eigenvalue weighted by Crippen LogP contribution is 2.38. The van der Waals surface area contributed by atoms with Crippen LogP contribution in [-0.4, -0.2) is 56.0 Å². The van der Waals surface area contributed by atoms with Gasteiger partial charge in [0.1, 0.15) is 0 Å². The summed E-state index contributed by atoms with van der Waals surface area (Å²) >= 11 is 0. The van der Waals surface area contributed by atoms with Gasteiger partial charge in [0.05, 0.1) is 0 Å². The molecular weight excluding hydrogens is 260 g/mol. The van der Waals surface area contributed by atoms with Gasteiger partial charge in [-0.05, 0) is 43.1 Å². The molecule has 0 unspecified atom stereocenters. The van der Waals surface area contributed by atoms with E-state index >= 15 is 0 Å². The molecule has 1 heterocycles. The Kier molecular flexibility index (Phi) is 6.51. The van der Waals surface area contributed by atoms with E-state index in [0.717, 1.165) is 38.6 Å². The van der Waals surface area contributed by atoms with Gasteiger partial charge in [-0.15, -0.1) is 0 Å². The van der Waals surface area contributed by atoms with E-state index in [9.17, 15) is 0 Å². The first-order chi connectivity index (χ1) is 9.71. The smallest absolute Gasteiger partial charge is 0.196 e. The Morgan fingerprint density at radius 3 is 2.29 bits per heavy atom. The molecule has 0 bridgehead atoms. The van der Waals surface area contributed by atoms with Crippen molar-refractivity contribution in [1.82, 2.24) is 9.80 Å². The van der Waals surface area contributed by atoms with Crippen molar-refractivity contribution in [3.05, 3.63) is 0 Å². The first-order valence-corrected chi connectivity index (χ1v) is 8.34. The van der Waals surface area contributed by atoms with Crippen LogP contribution in [0.1, 0.15) is 53.4 Å². The van der Waals surface area contributed by atoms with Gasteiger partial charge in [-0.25, -0.2) is 0 Å². The summed E-state index contributed by atoms with van der Waals surface area (Å²) in [6.45, 7) is 13.6. The predicted octanol–water partition coefficient (Wildman–Crippen LogP) is 2.79. The molecule has 0 radical (unpaired) electrons. The van der Waals surface area contributed by atoms with Gasteiger partial charge in [0.15, 0.2) is 5.96 Å². The summed E-state index contributed by atoms with van der Waals surface area (Å²) in [6, 6.07) is 0. The second-order valence-electron chi connectivity index (χ2n) is 8.08. The molecule has 124 valence electrons. The van der Waals surface area contributed by atoms with Crippen molar-refractivity contribution in [1.29, 1.82) is 0 Å². The van der Waals surface area contributed by atoms with Crippen molar-refractivity contribution < 1.29 is 0 Å². The Labute approximate surface area is 131 Å². The summed E-state index contributed by atoms with van der Waals surface area (Å²) in [5, 5.41) is 0. The fourth-order valence-corrected chi connectivity index (χ4v) is 3.85. The lowest BCUT2D eigenvalue weighted by molar-refractivity contribution is 0.168. The lowest BCUT2D eigenvalue weighted by Gasteiger charge is -2.35. The van der Waals surface area contributed by atoms with Crippen molar-refractivity contribution in [2.75, 3.05) is 40.3 Å². The van der Waals surface area contributed by atoms with Crippen LogP contribution in [-0.2, 0) is 0 Å². The molecular formula is C17H36N4. The lowest BCUT2D eigenvalue weighted by atomic mass is 9.71. The molecule has 0 aromatic rings. The average molecular weight is 297 g/mol.